The quantitative estimate of drug-likeness (QED) is 0.0513. The fourth-order valence-electron chi connectivity index (χ4n) is 9.65. The number of rotatable bonds is 22. The summed E-state index contributed by atoms with van der Waals surface area (Å²) in [6.45, 7) is 2.71. The van der Waals surface area contributed by atoms with Crippen molar-refractivity contribution in [2.75, 3.05) is 6.61 Å². The van der Waals surface area contributed by atoms with Crippen LogP contribution in [0, 0.1) is 0 Å². The molecule has 0 aliphatic carbocycles. The monoisotopic (exact) mass is 914 g/mol. The highest BCUT2D eigenvalue weighted by atomic mass is 16.5. The van der Waals surface area contributed by atoms with Crippen LogP contribution >= 0.6 is 0 Å². The average Bonchev–Trinajstić information content (AvgIpc) is 4.25. The summed E-state index contributed by atoms with van der Waals surface area (Å²) < 4.78 is 5.78. The molecule has 0 saturated heterocycles. The van der Waals surface area contributed by atoms with E-state index in [0.29, 0.717) is 12.2 Å². The lowest BCUT2D eigenvalue weighted by Gasteiger charge is -2.08. The molecule has 7 aromatic rings. The van der Waals surface area contributed by atoms with E-state index in [1.165, 1.54) is 89.9 Å². The number of aromatic amines is 2. The van der Waals surface area contributed by atoms with Gasteiger partial charge in [0, 0.05) is 81.5 Å². The lowest BCUT2D eigenvalue weighted by atomic mass is 10.0. The zero-order valence-corrected chi connectivity index (χ0v) is 39.9. The summed E-state index contributed by atoms with van der Waals surface area (Å²) in [6, 6.07) is 28.2. The number of nitrogens with zero attached hydrogens (tertiary/aromatic N) is 5. The number of carbonyl (C=O) groups is 1. The smallest absolute Gasteiger partial charge is 0.338 e. The highest BCUT2D eigenvalue weighted by Gasteiger charge is 2.19. The van der Waals surface area contributed by atoms with Gasteiger partial charge in [-0.05, 0) is 126 Å². The fraction of sp³-hybridized carbons (Fsp3) is 0.300. The standard InChI is InChI=1S/C60H63N7O2/c1-2-3-4-5-6-7-8-9-10-11-12-13-14-15-16-17-42-69-60(68)47-20-18-43(19-21-47)56-48-22-24-50(64-48)57(44-30-36-61-37-31-44)52-26-28-54(66-52)59(46-34-40-63-41-35-46)55-29-27-53(67-55)58(45-32-38-62-39-33-45)51-25-23-49(56)65-51/h18-41,64,67H,2-17,42H2,1H3. The molecular formula is C60H63N7O2. The van der Waals surface area contributed by atoms with Gasteiger partial charge in [-0.1, -0.05) is 115 Å². The third-order valence-electron chi connectivity index (χ3n) is 13.3. The van der Waals surface area contributed by atoms with Gasteiger partial charge in [0.1, 0.15) is 0 Å². The molecule has 2 N–H and O–H groups in total. The summed E-state index contributed by atoms with van der Waals surface area (Å²) in [4.78, 5) is 44.6. The average molecular weight is 914 g/mol. The molecule has 0 atom stereocenters. The zero-order valence-electron chi connectivity index (χ0n) is 39.9. The Hall–Kier alpha value is -7.26. The normalized spacial score (nSPS) is 11.9. The fourth-order valence-corrected chi connectivity index (χ4v) is 9.65. The van der Waals surface area contributed by atoms with E-state index in [-0.39, 0.29) is 5.97 Å². The van der Waals surface area contributed by atoms with Crippen LogP contribution in [0.4, 0.5) is 0 Å². The minimum Gasteiger partial charge on any atom is -0.462 e. The molecule has 1 aromatic carbocycles. The van der Waals surface area contributed by atoms with Crippen molar-refractivity contribution in [3.8, 4) is 44.5 Å². The summed E-state index contributed by atoms with van der Waals surface area (Å²) in [5.74, 6) is -0.300. The van der Waals surface area contributed by atoms with Crippen LogP contribution < -0.4 is 0 Å². The second-order valence-corrected chi connectivity index (χ2v) is 18.2. The van der Waals surface area contributed by atoms with Gasteiger partial charge in [0.05, 0.1) is 34.9 Å². The molecule has 9 nitrogen and oxygen atoms in total. The Labute approximate surface area is 406 Å². The first-order chi connectivity index (χ1) is 34.1. The van der Waals surface area contributed by atoms with Crippen molar-refractivity contribution < 1.29 is 9.53 Å². The SMILES string of the molecule is CCCCCCCCCCCCCCCCCCOC(=O)c1ccc(-c2c3nc(c(-c4ccncc4)c4ccc([nH]4)c(-c4ccncc4)c4nc(c(-c5ccncc5)c5ccc2[nH]5)C=C4)C=C3)cc1. The lowest BCUT2D eigenvalue weighted by molar-refractivity contribution is 0.0497. The number of H-pyrrole nitrogens is 2. The molecule has 0 spiro atoms. The largest absolute Gasteiger partial charge is 0.462 e. The van der Waals surface area contributed by atoms with Crippen molar-refractivity contribution in [3.05, 3.63) is 150 Å². The second kappa shape index (κ2) is 23.6. The van der Waals surface area contributed by atoms with Crippen molar-refractivity contribution in [3.63, 3.8) is 0 Å². The Morgan fingerprint density at radius 3 is 1.03 bits per heavy atom. The topological polar surface area (TPSA) is 122 Å². The molecule has 0 fully saturated rings. The Morgan fingerprint density at radius 1 is 0.391 bits per heavy atom. The number of carbonyl (C=O) groups excluding carboxylic acids is 1. The number of nitrogens with one attached hydrogen (secondary N) is 2. The van der Waals surface area contributed by atoms with Crippen LogP contribution in [0.1, 0.15) is 143 Å². The van der Waals surface area contributed by atoms with Crippen molar-refractivity contribution >= 4 is 52.3 Å². The molecule has 9 rings (SSSR count). The first kappa shape index (κ1) is 46.8. The van der Waals surface area contributed by atoms with E-state index >= 15 is 0 Å². The number of pyridine rings is 3. The van der Waals surface area contributed by atoms with Gasteiger partial charge < -0.3 is 14.7 Å². The van der Waals surface area contributed by atoms with Gasteiger partial charge in [-0.25, -0.2) is 14.8 Å². The van der Waals surface area contributed by atoms with Crippen molar-refractivity contribution in [2.45, 2.75) is 110 Å². The van der Waals surface area contributed by atoms with Crippen molar-refractivity contribution in [1.29, 1.82) is 0 Å². The third kappa shape index (κ3) is 11.7. The van der Waals surface area contributed by atoms with E-state index in [1.54, 1.807) is 0 Å². The molecule has 8 bridgehead atoms. The number of ether oxygens (including phenoxy) is 1. The summed E-state index contributed by atoms with van der Waals surface area (Å²) in [7, 11) is 0. The maximum absolute atomic E-state index is 13.3. The molecule has 0 amide bonds. The Kier molecular flexibility index (Phi) is 16.1. The van der Waals surface area contributed by atoms with Gasteiger partial charge in [0.25, 0.3) is 0 Å². The van der Waals surface area contributed by atoms with E-state index in [9.17, 15) is 4.79 Å². The molecule has 350 valence electrons. The third-order valence-corrected chi connectivity index (χ3v) is 13.3. The van der Waals surface area contributed by atoms with E-state index in [2.05, 4.69) is 80.4 Å². The zero-order chi connectivity index (χ0) is 47.0. The molecular weight excluding hydrogens is 851 g/mol. The molecule has 2 aliphatic rings. The van der Waals surface area contributed by atoms with Gasteiger partial charge in [-0.2, -0.15) is 0 Å². The van der Waals surface area contributed by atoms with Gasteiger partial charge in [0.2, 0.25) is 0 Å². The van der Waals surface area contributed by atoms with Crippen LogP contribution in [0.2, 0.25) is 0 Å². The molecule has 9 heteroatoms. The predicted octanol–water partition coefficient (Wildman–Crippen LogP) is 15.9. The van der Waals surface area contributed by atoms with Gasteiger partial charge in [-0.3, -0.25) is 15.0 Å². The highest BCUT2D eigenvalue weighted by molar-refractivity contribution is 6.00. The summed E-state index contributed by atoms with van der Waals surface area (Å²) in [5.41, 5.74) is 14.9. The minimum atomic E-state index is -0.300. The van der Waals surface area contributed by atoms with Crippen LogP contribution in [-0.2, 0) is 4.74 Å². The van der Waals surface area contributed by atoms with Gasteiger partial charge in [-0.15, -0.1) is 0 Å². The van der Waals surface area contributed by atoms with E-state index in [4.69, 9.17) is 14.7 Å². The molecule has 0 saturated carbocycles. The van der Waals surface area contributed by atoms with E-state index in [1.807, 2.05) is 97.8 Å². The summed E-state index contributed by atoms with van der Waals surface area (Å²) in [5, 5.41) is 0. The maximum atomic E-state index is 13.3. The van der Waals surface area contributed by atoms with Gasteiger partial charge in [0.15, 0.2) is 0 Å². The minimum absolute atomic E-state index is 0.300. The first-order valence-corrected chi connectivity index (χ1v) is 25.3. The van der Waals surface area contributed by atoms with Crippen LogP contribution in [0.5, 0.6) is 0 Å². The molecule has 0 radical (unpaired) electrons. The molecule has 6 aromatic heterocycles. The number of hydrogen-bond donors (Lipinski definition) is 2. The Bertz CT molecular complexity index is 2990. The molecule has 2 aliphatic heterocycles. The summed E-state index contributed by atoms with van der Waals surface area (Å²) >= 11 is 0. The Morgan fingerprint density at radius 2 is 0.696 bits per heavy atom. The Balaban J connectivity index is 0.982. The molecule has 8 heterocycles. The van der Waals surface area contributed by atoms with E-state index < -0.39 is 0 Å². The van der Waals surface area contributed by atoms with E-state index in [0.717, 1.165) is 102 Å². The number of aromatic nitrogens is 7. The van der Waals surface area contributed by atoms with Crippen molar-refractivity contribution in [2.24, 2.45) is 0 Å². The lowest BCUT2D eigenvalue weighted by Crippen LogP contribution is -2.06. The van der Waals surface area contributed by atoms with Crippen molar-refractivity contribution in [1.82, 2.24) is 34.9 Å². The van der Waals surface area contributed by atoms with Crippen LogP contribution in [0.25, 0.3) is 90.9 Å². The van der Waals surface area contributed by atoms with Gasteiger partial charge >= 0.3 is 5.97 Å². The number of benzene rings is 1. The molecule has 0 unspecified atom stereocenters. The van der Waals surface area contributed by atoms with Crippen LogP contribution in [0.3, 0.4) is 0 Å². The second-order valence-electron chi connectivity index (χ2n) is 18.2. The predicted molar refractivity (Wildman–Crippen MR) is 284 cm³/mol. The van der Waals surface area contributed by atoms with Crippen LogP contribution in [0.15, 0.2) is 122 Å². The summed E-state index contributed by atoms with van der Waals surface area (Å²) in [6.07, 6.45) is 40.1. The number of esters is 1. The number of hydrogen-bond acceptors (Lipinski definition) is 7. The first-order valence-electron chi connectivity index (χ1n) is 25.3. The highest BCUT2D eigenvalue weighted by Crippen LogP contribution is 2.38. The maximum Gasteiger partial charge on any atom is 0.338 e. The number of unbranched alkanes of at least 4 members (excludes halogenated alkanes) is 15. The van der Waals surface area contributed by atoms with Crippen LogP contribution in [-0.4, -0.2) is 47.5 Å². The molecule has 69 heavy (non-hydrogen) atoms. The number of fused-ring (bicyclic) bond motifs is 8.